The first kappa shape index (κ1) is 23.2. The summed E-state index contributed by atoms with van der Waals surface area (Å²) in [5, 5.41) is 4.01. The van der Waals surface area contributed by atoms with Crippen LogP contribution in [0.1, 0.15) is 27.2 Å². The lowest BCUT2D eigenvalue weighted by Gasteiger charge is -2.39. The van der Waals surface area contributed by atoms with Gasteiger partial charge in [0.15, 0.2) is 10.3 Å². The number of anilines is 2. The van der Waals surface area contributed by atoms with Crippen molar-refractivity contribution in [2.24, 2.45) is 10.7 Å². The van der Waals surface area contributed by atoms with Crippen LogP contribution in [0.4, 0.5) is 11.4 Å². The van der Waals surface area contributed by atoms with Crippen LogP contribution < -0.4 is 16.0 Å². The number of benzene rings is 1. The van der Waals surface area contributed by atoms with Gasteiger partial charge in [-0.1, -0.05) is 25.6 Å². The van der Waals surface area contributed by atoms with Crippen LogP contribution in [-0.4, -0.2) is 53.2 Å². The number of nitrogens with one attached hydrogen (secondary N) is 1. The van der Waals surface area contributed by atoms with Crippen LogP contribution in [-0.2, 0) is 0 Å². The Morgan fingerprint density at radius 1 is 1.23 bits per heavy atom. The van der Waals surface area contributed by atoms with Crippen molar-refractivity contribution in [1.82, 2.24) is 4.90 Å². The Morgan fingerprint density at radius 2 is 1.85 bits per heavy atom. The Kier molecular flexibility index (Phi) is 10.5. The van der Waals surface area contributed by atoms with Gasteiger partial charge in [-0.05, 0) is 55.6 Å². The van der Waals surface area contributed by atoms with Crippen LogP contribution in [0.25, 0.3) is 0 Å². The molecule has 2 rings (SSSR count). The van der Waals surface area contributed by atoms with E-state index < -0.39 is 0 Å². The summed E-state index contributed by atoms with van der Waals surface area (Å²) in [6, 6.07) is 9.03. The number of hydrogen-bond acceptors (Lipinski definition) is 4. The van der Waals surface area contributed by atoms with Crippen molar-refractivity contribution < 1.29 is 0 Å². The average molecular weight is 414 g/mol. The van der Waals surface area contributed by atoms with E-state index in [9.17, 15) is 0 Å². The Hall–Kier alpha value is -0.880. The molecule has 1 fully saturated rings. The van der Waals surface area contributed by atoms with Crippen molar-refractivity contribution in [1.29, 1.82) is 0 Å². The van der Waals surface area contributed by atoms with Gasteiger partial charge < -0.3 is 16.0 Å². The summed E-state index contributed by atoms with van der Waals surface area (Å²) in [7, 11) is 0. The second-order valence-corrected chi connectivity index (χ2v) is 7.81. The summed E-state index contributed by atoms with van der Waals surface area (Å²) in [6.07, 6.45) is 1.21. The monoisotopic (exact) mass is 413 g/mol. The van der Waals surface area contributed by atoms with Gasteiger partial charge in [-0.2, -0.15) is 14.9 Å². The summed E-state index contributed by atoms with van der Waals surface area (Å²) in [4.78, 5) is 9.18. The maximum Gasteiger partial charge on any atom is 0.199 e. The number of amidine groups is 1. The first-order valence-corrected chi connectivity index (χ1v) is 10.3. The number of thiocarbonyl (C=S) groups is 1. The van der Waals surface area contributed by atoms with E-state index in [2.05, 4.69) is 46.1 Å². The zero-order valence-electron chi connectivity index (χ0n) is 16.1. The highest BCUT2D eigenvalue weighted by Crippen LogP contribution is 2.20. The smallest absolute Gasteiger partial charge is 0.199 e. The molecule has 1 aromatic carbocycles. The highest BCUT2D eigenvalue weighted by atomic mass is 32.2. The predicted octanol–water partition coefficient (Wildman–Crippen LogP) is 3.43. The van der Waals surface area contributed by atoms with Gasteiger partial charge in [-0.15, -0.1) is 0 Å². The molecule has 1 aliphatic heterocycles. The molecule has 146 valence electrons. The fraction of sp³-hybridized carbons (Fsp3) is 0.556. The van der Waals surface area contributed by atoms with Crippen molar-refractivity contribution in [2.75, 3.05) is 42.1 Å². The van der Waals surface area contributed by atoms with E-state index in [4.69, 9.17) is 18.0 Å². The van der Waals surface area contributed by atoms with Gasteiger partial charge in [-0.3, -0.25) is 4.90 Å². The second kappa shape index (κ2) is 11.8. The van der Waals surface area contributed by atoms with Gasteiger partial charge in [0.2, 0.25) is 0 Å². The molecule has 0 aliphatic carbocycles. The van der Waals surface area contributed by atoms with Gasteiger partial charge in [0.05, 0.1) is 0 Å². The number of rotatable bonds is 5. The standard InChI is InChI=1S/C18H29N5S2.H3P/c1-4-14(3)22-10-12-23(13-11-22)16-8-6-15(7-9-16)20-18(24)21-17(19)25-5-2;/h6-9,14H,4-5,10-13H2,1-3H3,(H3,19,20,21,24);1H3. The predicted molar refractivity (Wildman–Crippen MR) is 127 cm³/mol. The van der Waals surface area contributed by atoms with E-state index in [-0.39, 0.29) is 9.90 Å². The molecule has 3 N–H and O–H groups in total. The van der Waals surface area contributed by atoms with Crippen LogP contribution in [0.5, 0.6) is 0 Å². The molecule has 0 spiro atoms. The molecule has 1 aliphatic rings. The highest BCUT2D eigenvalue weighted by molar-refractivity contribution is 8.13. The Morgan fingerprint density at radius 3 is 2.38 bits per heavy atom. The Labute approximate surface area is 170 Å². The van der Waals surface area contributed by atoms with Gasteiger partial charge >= 0.3 is 0 Å². The molecule has 26 heavy (non-hydrogen) atoms. The molecular weight excluding hydrogens is 381 g/mol. The third-order valence-corrected chi connectivity index (χ3v) is 5.39. The normalized spacial score (nSPS) is 16.7. The number of hydrogen-bond donors (Lipinski definition) is 2. The van der Waals surface area contributed by atoms with Crippen LogP contribution >= 0.6 is 33.9 Å². The molecule has 0 saturated carbocycles. The summed E-state index contributed by atoms with van der Waals surface area (Å²) in [6.45, 7) is 11.0. The number of thioether (sulfide) groups is 1. The topological polar surface area (TPSA) is 56.9 Å². The minimum Gasteiger partial charge on any atom is -0.378 e. The summed E-state index contributed by atoms with van der Waals surface area (Å²) in [5.41, 5.74) is 7.97. The van der Waals surface area contributed by atoms with Gasteiger partial charge in [0, 0.05) is 43.6 Å². The quantitative estimate of drug-likeness (QED) is 0.334. The first-order valence-electron chi connectivity index (χ1n) is 8.90. The zero-order chi connectivity index (χ0) is 18.2. The second-order valence-electron chi connectivity index (χ2n) is 6.14. The number of nitrogens with zero attached hydrogens (tertiary/aromatic N) is 3. The van der Waals surface area contributed by atoms with Crippen molar-refractivity contribution in [3.63, 3.8) is 0 Å². The summed E-state index contributed by atoms with van der Waals surface area (Å²) in [5.74, 6) is 0.886. The fourth-order valence-electron chi connectivity index (χ4n) is 2.87. The van der Waals surface area contributed by atoms with Crippen LogP contribution in [0.2, 0.25) is 0 Å². The van der Waals surface area contributed by atoms with E-state index in [1.165, 1.54) is 23.9 Å². The molecule has 8 heteroatoms. The highest BCUT2D eigenvalue weighted by Gasteiger charge is 2.20. The SMILES string of the molecule is CCSC(N)=NC(=S)Nc1ccc(N2CCN(C(C)CC)CC2)cc1.P. The minimum absolute atomic E-state index is 0. The van der Waals surface area contributed by atoms with E-state index in [0.717, 1.165) is 37.6 Å². The molecule has 2 atom stereocenters. The molecule has 5 nitrogen and oxygen atoms in total. The maximum atomic E-state index is 5.78. The first-order chi connectivity index (χ1) is 12.0. The fourth-order valence-corrected chi connectivity index (χ4v) is 3.59. The van der Waals surface area contributed by atoms with Crippen molar-refractivity contribution in [3.8, 4) is 0 Å². The van der Waals surface area contributed by atoms with Crippen LogP contribution in [0, 0.1) is 0 Å². The molecular formula is C18H32N5PS2. The van der Waals surface area contributed by atoms with Crippen molar-refractivity contribution in [2.45, 2.75) is 33.2 Å². The van der Waals surface area contributed by atoms with Crippen LogP contribution in [0.3, 0.4) is 0 Å². The number of nitrogens with two attached hydrogens (primary N) is 1. The Bertz CT molecular complexity index is 586. The average Bonchev–Trinajstić information content (AvgIpc) is 2.62. The largest absolute Gasteiger partial charge is 0.378 e. The lowest BCUT2D eigenvalue weighted by atomic mass is 10.1. The molecule has 1 saturated heterocycles. The van der Waals surface area contributed by atoms with E-state index in [1.54, 1.807) is 0 Å². The molecule has 2 unspecified atom stereocenters. The molecule has 1 heterocycles. The van der Waals surface area contributed by atoms with Gasteiger partial charge in [0.1, 0.15) is 0 Å². The van der Waals surface area contributed by atoms with E-state index in [1.807, 2.05) is 19.1 Å². The van der Waals surface area contributed by atoms with Crippen molar-refractivity contribution in [3.05, 3.63) is 24.3 Å². The minimum atomic E-state index is 0. The lowest BCUT2D eigenvalue weighted by molar-refractivity contribution is 0.193. The summed E-state index contributed by atoms with van der Waals surface area (Å²) < 4.78 is 0. The third-order valence-electron chi connectivity index (χ3n) is 4.52. The van der Waals surface area contributed by atoms with E-state index in [0.29, 0.717) is 16.3 Å². The molecule has 1 aromatic rings. The molecule has 0 aromatic heterocycles. The third kappa shape index (κ3) is 7.03. The zero-order valence-corrected chi connectivity index (χ0v) is 19.1. The molecule has 0 bridgehead atoms. The molecule has 0 amide bonds. The lowest BCUT2D eigenvalue weighted by Crippen LogP contribution is -2.49. The number of aliphatic imine (C=N–C) groups is 1. The van der Waals surface area contributed by atoms with Crippen LogP contribution in [0.15, 0.2) is 29.3 Å². The number of piperazine rings is 1. The van der Waals surface area contributed by atoms with Gasteiger partial charge in [-0.25, -0.2) is 0 Å². The van der Waals surface area contributed by atoms with Gasteiger partial charge in [0.25, 0.3) is 0 Å². The Balaban J connectivity index is 0.00000338. The van der Waals surface area contributed by atoms with E-state index >= 15 is 0 Å². The molecule has 0 radical (unpaired) electrons. The van der Waals surface area contributed by atoms with Crippen molar-refractivity contribution >= 4 is 55.5 Å². The summed E-state index contributed by atoms with van der Waals surface area (Å²) >= 11 is 6.71. The maximum absolute atomic E-state index is 5.78.